The number of nitrogens with two attached hydrogens (primary N) is 1. The summed E-state index contributed by atoms with van der Waals surface area (Å²) in [5.41, 5.74) is 5.66. The van der Waals surface area contributed by atoms with Gasteiger partial charge in [0, 0.05) is 21.3 Å². The molecule has 0 unspecified atom stereocenters. The molecule has 2 N–H and O–H groups in total. The van der Waals surface area contributed by atoms with E-state index in [1.807, 2.05) is 0 Å². The minimum absolute atomic E-state index is 0.0736. The predicted molar refractivity (Wildman–Crippen MR) is 65.3 cm³/mol. The third kappa shape index (κ3) is 7.93. The molecule has 7 nitrogen and oxygen atoms in total. The molecule has 110 valence electrons. The van der Waals surface area contributed by atoms with Gasteiger partial charge in [0.05, 0.1) is 46.2 Å². The fourth-order valence-corrected chi connectivity index (χ4v) is 1.14. The van der Waals surface area contributed by atoms with E-state index in [0.717, 1.165) is 0 Å². The maximum atomic E-state index is 5.66. The normalized spacial score (nSPS) is 12.0. The molecule has 0 spiro atoms. The molecule has 0 bridgehead atoms. The van der Waals surface area contributed by atoms with E-state index in [1.54, 1.807) is 21.3 Å². The van der Waals surface area contributed by atoms with Crippen LogP contribution in [-0.2, 0) is 28.4 Å². The molecule has 0 aliphatic carbocycles. The molecule has 0 aliphatic rings. The van der Waals surface area contributed by atoms with Gasteiger partial charge in [-0.15, -0.1) is 0 Å². The van der Waals surface area contributed by atoms with Crippen molar-refractivity contribution in [3.05, 3.63) is 0 Å². The maximum absolute atomic E-state index is 5.66. The molecule has 0 radical (unpaired) electrons. The largest absolute Gasteiger partial charge is 0.382 e. The Bertz CT molecular complexity index is 154. The number of methoxy groups -OCH3 is 3. The Morgan fingerprint density at radius 3 is 1.22 bits per heavy atom. The van der Waals surface area contributed by atoms with Gasteiger partial charge in [-0.05, 0) is 0 Å². The van der Waals surface area contributed by atoms with Gasteiger partial charge in [-0.25, -0.2) is 0 Å². The van der Waals surface area contributed by atoms with Crippen LogP contribution >= 0.6 is 0 Å². The Hall–Kier alpha value is -0.280. The number of ether oxygens (including phenoxy) is 6. The van der Waals surface area contributed by atoms with Crippen LogP contribution in [0.25, 0.3) is 0 Å². The smallest absolute Gasteiger partial charge is 0.296 e. The summed E-state index contributed by atoms with van der Waals surface area (Å²) in [6.07, 6.45) is 0. The number of hydrogen-bond donors (Lipinski definition) is 1. The molecular formula is C11H25NO6. The fourth-order valence-electron chi connectivity index (χ4n) is 1.14. The lowest BCUT2D eigenvalue weighted by atomic mass is 10.5. The monoisotopic (exact) mass is 267 g/mol. The summed E-state index contributed by atoms with van der Waals surface area (Å²) < 4.78 is 31.2. The predicted octanol–water partition coefficient (Wildman–Crippen LogP) is -0.412. The molecule has 0 heterocycles. The van der Waals surface area contributed by atoms with E-state index in [9.17, 15) is 0 Å². The summed E-state index contributed by atoms with van der Waals surface area (Å²) in [4.78, 5) is 0. The molecule has 0 saturated carbocycles. The first kappa shape index (κ1) is 17.7. The Labute approximate surface area is 108 Å². The van der Waals surface area contributed by atoms with Crippen LogP contribution in [0, 0.1) is 0 Å². The van der Waals surface area contributed by atoms with Crippen molar-refractivity contribution in [2.24, 2.45) is 5.73 Å². The standard InChI is InChI=1S/C11H25NO6/c1-13-4-7-16-11(10-12,17-8-5-14-2)18-9-6-15-3/h4-10,12H2,1-3H3. The van der Waals surface area contributed by atoms with E-state index < -0.39 is 5.97 Å². The summed E-state index contributed by atoms with van der Waals surface area (Å²) in [6.45, 7) is 2.36. The van der Waals surface area contributed by atoms with Gasteiger partial charge in [0.25, 0.3) is 5.97 Å². The third-order valence-corrected chi connectivity index (χ3v) is 2.08. The van der Waals surface area contributed by atoms with Crippen LogP contribution in [0.2, 0.25) is 0 Å². The van der Waals surface area contributed by atoms with Gasteiger partial charge in [0.2, 0.25) is 0 Å². The molecule has 0 fully saturated rings. The molecule has 0 amide bonds. The van der Waals surface area contributed by atoms with Crippen molar-refractivity contribution < 1.29 is 28.4 Å². The summed E-state index contributed by atoms with van der Waals surface area (Å²) in [5.74, 6) is -1.27. The van der Waals surface area contributed by atoms with Crippen LogP contribution in [0.3, 0.4) is 0 Å². The fraction of sp³-hybridized carbons (Fsp3) is 1.00. The van der Waals surface area contributed by atoms with E-state index in [1.165, 1.54) is 0 Å². The van der Waals surface area contributed by atoms with E-state index in [-0.39, 0.29) is 6.54 Å². The van der Waals surface area contributed by atoms with Crippen LogP contribution in [0.5, 0.6) is 0 Å². The summed E-state index contributed by atoms with van der Waals surface area (Å²) in [6, 6.07) is 0. The molecule has 0 atom stereocenters. The molecule has 18 heavy (non-hydrogen) atoms. The second-order valence-corrected chi connectivity index (χ2v) is 3.41. The summed E-state index contributed by atoms with van der Waals surface area (Å²) >= 11 is 0. The van der Waals surface area contributed by atoms with Gasteiger partial charge < -0.3 is 34.2 Å². The first-order chi connectivity index (χ1) is 8.74. The van der Waals surface area contributed by atoms with Crippen LogP contribution in [0.4, 0.5) is 0 Å². The van der Waals surface area contributed by atoms with Crippen molar-refractivity contribution >= 4 is 0 Å². The number of rotatable bonds is 13. The van der Waals surface area contributed by atoms with Crippen molar-refractivity contribution in [1.82, 2.24) is 0 Å². The molecular weight excluding hydrogens is 242 g/mol. The van der Waals surface area contributed by atoms with Crippen molar-refractivity contribution in [2.75, 3.05) is 67.5 Å². The summed E-state index contributed by atoms with van der Waals surface area (Å²) in [7, 11) is 4.77. The topological polar surface area (TPSA) is 81.4 Å². The van der Waals surface area contributed by atoms with Gasteiger partial charge >= 0.3 is 0 Å². The highest BCUT2D eigenvalue weighted by atomic mass is 16.9. The first-order valence-electron chi connectivity index (χ1n) is 5.83. The van der Waals surface area contributed by atoms with Crippen LogP contribution in [0.1, 0.15) is 0 Å². The maximum Gasteiger partial charge on any atom is 0.296 e. The van der Waals surface area contributed by atoms with Gasteiger partial charge in [-0.3, -0.25) is 0 Å². The van der Waals surface area contributed by atoms with Gasteiger partial charge in [0.1, 0.15) is 0 Å². The van der Waals surface area contributed by atoms with E-state index in [2.05, 4.69) is 0 Å². The number of hydrogen-bond acceptors (Lipinski definition) is 7. The molecule has 0 saturated heterocycles. The lowest BCUT2D eigenvalue weighted by Crippen LogP contribution is -2.48. The molecule has 0 aromatic carbocycles. The highest BCUT2D eigenvalue weighted by Crippen LogP contribution is 2.14. The van der Waals surface area contributed by atoms with E-state index >= 15 is 0 Å². The van der Waals surface area contributed by atoms with Crippen LogP contribution in [0.15, 0.2) is 0 Å². The second-order valence-electron chi connectivity index (χ2n) is 3.41. The summed E-state index contributed by atoms with van der Waals surface area (Å²) in [5, 5.41) is 0. The lowest BCUT2D eigenvalue weighted by Gasteiger charge is -2.31. The zero-order chi connectivity index (χ0) is 13.7. The minimum Gasteiger partial charge on any atom is -0.382 e. The average Bonchev–Trinajstić information content (AvgIpc) is 2.39. The van der Waals surface area contributed by atoms with Crippen molar-refractivity contribution in [3.8, 4) is 0 Å². The Morgan fingerprint density at radius 2 is 1.00 bits per heavy atom. The Kier molecular flexibility index (Phi) is 11.6. The van der Waals surface area contributed by atoms with Crippen LogP contribution in [-0.4, -0.2) is 73.5 Å². The molecule has 0 rings (SSSR count). The molecule has 0 aliphatic heterocycles. The molecule has 0 aromatic rings. The zero-order valence-electron chi connectivity index (χ0n) is 11.5. The quantitative estimate of drug-likeness (QED) is 0.359. The van der Waals surface area contributed by atoms with Gasteiger partial charge in [-0.1, -0.05) is 0 Å². The molecule has 7 heteroatoms. The third-order valence-electron chi connectivity index (χ3n) is 2.08. The Morgan fingerprint density at radius 1 is 0.667 bits per heavy atom. The highest BCUT2D eigenvalue weighted by Gasteiger charge is 2.32. The first-order valence-corrected chi connectivity index (χ1v) is 5.83. The van der Waals surface area contributed by atoms with Gasteiger partial charge in [0.15, 0.2) is 0 Å². The minimum atomic E-state index is -1.27. The van der Waals surface area contributed by atoms with Crippen molar-refractivity contribution in [2.45, 2.75) is 5.97 Å². The molecule has 0 aromatic heterocycles. The second kappa shape index (κ2) is 11.8. The highest BCUT2D eigenvalue weighted by molar-refractivity contribution is 4.59. The van der Waals surface area contributed by atoms with Crippen LogP contribution < -0.4 is 5.73 Å². The van der Waals surface area contributed by atoms with Crippen molar-refractivity contribution in [1.29, 1.82) is 0 Å². The lowest BCUT2D eigenvalue weighted by molar-refractivity contribution is -0.378. The van der Waals surface area contributed by atoms with Crippen molar-refractivity contribution in [3.63, 3.8) is 0 Å². The Balaban J connectivity index is 4.20. The van der Waals surface area contributed by atoms with E-state index in [4.69, 9.17) is 34.2 Å². The van der Waals surface area contributed by atoms with E-state index in [0.29, 0.717) is 39.6 Å². The SMILES string of the molecule is COCCOC(CN)(OCCOC)OCCOC. The average molecular weight is 267 g/mol. The van der Waals surface area contributed by atoms with Gasteiger partial charge in [-0.2, -0.15) is 0 Å². The zero-order valence-corrected chi connectivity index (χ0v) is 11.5.